The van der Waals surface area contributed by atoms with E-state index >= 15 is 0 Å². The number of nitrogens with one attached hydrogen (secondary N) is 1. The third-order valence-electron chi connectivity index (χ3n) is 4.48. The average Bonchev–Trinajstić information content (AvgIpc) is 2.66. The molecule has 4 heteroatoms. The first kappa shape index (κ1) is 19.8. The van der Waals surface area contributed by atoms with Crippen LogP contribution in [0.3, 0.4) is 0 Å². The summed E-state index contributed by atoms with van der Waals surface area (Å²) < 4.78 is 5.43. The number of ether oxygens (including phenoxy) is 1. The van der Waals surface area contributed by atoms with Gasteiger partial charge in [-0.1, -0.05) is 38.3 Å². The maximum atomic E-state index is 12.4. The highest BCUT2D eigenvalue weighted by Crippen LogP contribution is 2.22. The Kier molecular flexibility index (Phi) is 8.00. The van der Waals surface area contributed by atoms with Crippen LogP contribution in [0.1, 0.15) is 54.1 Å². The van der Waals surface area contributed by atoms with Gasteiger partial charge in [0.25, 0.3) is 5.91 Å². The number of amides is 1. The molecular formula is C22H29NO3. The minimum atomic E-state index is -0.0683. The standard InChI is InChI=1S/C22H29NO3/c1-3-4-5-6-7-18-16-19(10-13-21(18)26-2)22(25)23-15-14-17-8-11-20(24)12-9-17/h8-13,16,24H,3-7,14-15H2,1-2H3,(H,23,25). The summed E-state index contributed by atoms with van der Waals surface area (Å²) in [6.45, 7) is 2.76. The number of hydrogen-bond donors (Lipinski definition) is 2. The summed E-state index contributed by atoms with van der Waals surface area (Å²) in [7, 11) is 1.67. The first-order valence-electron chi connectivity index (χ1n) is 9.37. The third kappa shape index (κ3) is 6.10. The lowest BCUT2D eigenvalue weighted by atomic mass is 10.0. The van der Waals surface area contributed by atoms with E-state index in [4.69, 9.17) is 4.74 Å². The molecule has 2 N–H and O–H groups in total. The molecule has 4 nitrogen and oxygen atoms in total. The van der Waals surface area contributed by atoms with Crippen molar-refractivity contribution in [1.82, 2.24) is 5.32 Å². The fraction of sp³-hybridized carbons (Fsp3) is 0.409. The summed E-state index contributed by atoms with van der Waals surface area (Å²) in [6, 6.07) is 12.7. The first-order chi connectivity index (χ1) is 12.6. The molecule has 0 spiro atoms. The molecule has 140 valence electrons. The molecule has 26 heavy (non-hydrogen) atoms. The average molecular weight is 355 g/mol. The predicted molar refractivity (Wildman–Crippen MR) is 105 cm³/mol. The summed E-state index contributed by atoms with van der Waals surface area (Å²) in [5, 5.41) is 12.3. The number of carbonyl (C=O) groups is 1. The van der Waals surface area contributed by atoms with Gasteiger partial charge in [0.2, 0.25) is 0 Å². The van der Waals surface area contributed by atoms with Gasteiger partial charge >= 0.3 is 0 Å². The minimum absolute atomic E-state index is 0.0683. The Balaban J connectivity index is 1.91. The van der Waals surface area contributed by atoms with Gasteiger partial charge in [-0.3, -0.25) is 4.79 Å². The molecule has 2 rings (SSSR count). The topological polar surface area (TPSA) is 58.6 Å². The van der Waals surface area contributed by atoms with E-state index in [1.54, 1.807) is 19.2 Å². The lowest BCUT2D eigenvalue weighted by molar-refractivity contribution is 0.0954. The van der Waals surface area contributed by atoms with Crippen molar-refractivity contribution in [2.24, 2.45) is 0 Å². The Labute approximate surface area is 156 Å². The van der Waals surface area contributed by atoms with Crippen molar-refractivity contribution >= 4 is 5.91 Å². The Morgan fingerprint density at radius 1 is 1.04 bits per heavy atom. The first-order valence-corrected chi connectivity index (χ1v) is 9.37. The quantitative estimate of drug-likeness (QED) is 0.617. The Bertz CT molecular complexity index is 695. The third-order valence-corrected chi connectivity index (χ3v) is 4.48. The van der Waals surface area contributed by atoms with Crippen LogP contribution < -0.4 is 10.1 Å². The molecule has 0 atom stereocenters. The molecule has 1 amide bonds. The normalized spacial score (nSPS) is 10.5. The van der Waals surface area contributed by atoms with Crippen LogP contribution in [0, 0.1) is 0 Å². The van der Waals surface area contributed by atoms with Crippen LogP contribution in [-0.4, -0.2) is 24.7 Å². The van der Waals surface area contributed by atoms with Crippen LogP contribution in [0.15, 0.2) is 42.5 Å². The van der Waals surface area contributed by atoms with Gasteiger partial charge in [-0.05, 0) is 60.7 Å². The fourth-order valence-corrected chi connectivity index (χ4v) is 2.94. The summed E-state index contributed by atoms with van der Waals surface area (Å²) >= 11 is 0. The number of hydrogen-bond acceptors (Lipinski definition) is 3. The van der Waals surface area contributed by atoms with Gasteiger partial charge in [0.05, 0.1) is 7.11 Å². The number of aromatic hydroxyl groups is 1. The second-order valence-corrected chi connectivity index (χ2v) is 6.51. The number of unbranched alkanes of at least 4 members (excludes halogenated alkanes) is 3. The number of carbonyl (C=O) groups excluding carboxylic acids is 1. The van der Waals surface area contributed by atoms with E-state index in [0.29, 0.717) is 12.1 Å². The molecule has 0 fully saturated rings. The van der Waals surface area contributed by atoms with Gasteiger partial charge in [0.1, 0.15) is 11.5 Å². The van der Waals surface area contributed by atoms with Crippen molar-refractivity contribution in [2.75, 3.05) is 13.7 Å². The molecule has 0 aliphatic carbocycles. The largest absolute Gasteiger partial charge is 0.508 e. The van der Waals surface area contributed by atoms with Crippen molar-refractivity contribution in [1.29, 1.82) is 0 Å². The molecule has 0 bridgehead atoms. The zero-order chi connectivity index (χ0) is 18.8. The van der Waals surface area contributed by atoms with Crippen LogP contribution >= 0.6 is 0 Å². The number of rotatable bonds is 10. The molecule has 0 aliphatic rings. The molecule has 0 saturated carbocycles. The zero-order valence-corrected chi connectivity index (χ0v) is 15.8. The molecule has 2 aromatic rings. The molecule has 2 aromatic carbocycles. The number of phenols is 1. The van der Waals surface area contributed by atoms with Crippen LogP contribution in [0.5, 0.6) is 11.5 Å². The summed E-state index contributed by atoms with van der Waals surface area (Å²) in [6.07, 6.45) is 6.41. The molecular weight excluding hydrogens is 326 g/mol. The number of methoxy groups -OCH3 is 1. The van der Waals surface area contributed by atoms with E-state index in [0.717, 1.165) is 36.1 Å². The monoisotopic (exact) mass is 355 g/mol. The van der Waals surface area contributed by atoms with Crippen molar-refractivity contribution < 1.29 is 14.6 Å². The van der Waals surface area contributed by atoms with Gasteiger partial charge < -0.3 is 15.2 Å². The van der Waals surface area contributed by atoms with E-state index < -0.39 is 0 Å². The lowest BCUT2D eigenvalue weighted by Crippen LogP contribution is -2.25. The minimum Gasteiger partial charge on any atom is -0.508 e. The van der Waals surface area contributed by atoms with Gasteiger partial charge in [0.15, 0.2) is 0 Å². The maximum absolute atomic E-state index is 12.4. The van der Waals surface area contributed by atoms with Gasteiger partial charge in [0, 0.05) is 12.1 Å². The SMILES string of the molecule is CCCCCCc1cc(C(=O)NCCc2ccc(O)cc2)ccc1OC. The molecule has 0 saturated heterocycles. The highest BCUT2D eigenvalue weighted by Gasteiger charge is 2.10. The Hall–Kier alpha value is -2.49. The van der Waals surface area contributed by atoms with E-state index in [9.17, 15) is 9.90 Å². The maximum Gasteiger partial charge on any atom is 0.251 e. The van der Waals surface area contributed by atoms with Crippen molar-refractivity contribution in [3.8, 4) is 11.5 Å². The summed E-state index contributed by atoms with van der Waals surface area (Å²) in [5.74, 6) is 1.03. The summed E-state index contributed by atoms with van der Waals surface area (Å²) in [5.41, 5.74) is 2.84. The van der Waals surface area contributed by atoms with Crippen LogP contribution in [0.25, 0.3) is 0 Å². The number of phenolic OH excluding ortho intramolecular Hbond substituents is 1. The van der Waals surface area contributed by atoms with E-state index in [1.165, 1.54) is 19.3 Å². The van der Waals surface area contributed by atoms with Crippen molar-refractivity contribution in [2.45, 2.75) is 45.4 Å². The summed E-state index contributed by atoms with van der Waals surface area (Å²) in [4.78, 5) is 12.4. The highest BCUT2D eigenvalue weighted by molar-refractivity contribution is 5.94. The van der Waals surface area contributed by atoms with E-state index in [2.05, 4.69) is 12.2 Å². The van der Waals surface area contributed by atoms with E-state index in [-0.39, 0.29) is 11.7 Å². The van der Waals surface area contributed by atoms with Crippen LogP contribution in [0.2, 0.25) is 0 Å². The smallest absolute Gasteiger partial charge is 0.251 e. The fourth-order valence-electron chi connectivity index (χ4n) is 2.94. The highest BCUT2D eigenvalue weighted by atomic mass is 16.5. The molecule has 0 aromatic heterocycles. The van der Waals surface area contributed by atoms with Gasteiger partial charge in [-0.15, -0.1) is 0 Å². The Morgan fingerprint density at radius 3 is 2.50 bits per heavy atom. The zero-order valence-electron chi connectivity index (χ0n) is 15.8. The predicted octanol–water partition coefficient (Wildman–Crippen LogP) is 4.50. The van der Waals surface area contributed by atoms with Crippen molar-refractivity contribution in [3.63, 3.8) is 0 Å². The lowest BCUT2D eigenvalue weighted by Gasteiger charge is -2.11. The molecule has 0 aliphatic heterocycles. The molecule has 0 radical (unpaired) electrons. The second-order valence-electron chi connectivity index (χ2n) is 6.51. The van der Waals surface area contributed by atoms with Crippen LogP contribution in [0.4, 0.5) is 0 Å². The van der Waals surface area contributed by atoms with Gasteiger partial charge in [-0.25, -0.2) is 0 Å². The second kappa shape index (κ2) is 10.5. The van der Waals surface area contributed by atoms with Gasteiger partial charge in [-0.2, -0.15) is 0 Å². The van der Waals surface area contributed by atoms with Crippen molar-refractivity contribution in [3.05, 3.63) is 59.2 Å². The number of aryl methyl sites for hydroxylation is 1. The Morgan fingerprint density at radius 2 is 1.81 bits per heavy atom. The van der Waals surface area contributed by atoms with Crippen LogP contribution in [-0.2, 0) is 12.8 Å². The molecule has 0 unspecified atom stereocenters. The van der Waals surface area contributed by atoms with E-state index in [1.807, 2.05) is 30.3 Å². The number of benzene rings is 2. The molecule has 0 heterocycles.